The summed E-state index contributed by atoms with van der Waals surface area (Å²) in [5.41, 5.74) is 7.02. The fourth-order valence-corrected chi connectivity index (χ4v) is 2.55. The van der Waals surface area contributed by atoms with Crippen LogP contribution in [0.5, 0.6) is 0 Å². The van der Waals surface area contributed by atoms with Crippen LogP contribution in [0.25, 0.3) is 11.4 Å². The second-order valence-corrected chi connectivity index (χ2v) is 4.94. The summed E-state index contributed by atoms with van der Waals surface area (Å²) in [6, 6.07) is 0. The minimum atomic E-state index is 0.708. The molecule has 0 aromatic carbocycles. The number of nitrogens with two attached hydrogens (primary N) is 1. The minimum absolute atomic E-state index is 0.708. The fraction of sp³-hybridized carbons (Fsp3) is 0.462. The van der Waals surface area contributed by atoms with Crippen molar-refractivity contribution in [3.05, 3.63) is 23.1 Å². The maximum Gasteiger partial charge on any atom is 0.165 e. The van der Waals surface area contributed by atoms with Crippen LogP contribution in [-0.4, -0.2) is 19.7 Å². The largest absolute Gasteiger partial charge is 0.308 e. The first-order valence-electron chi connectivity index (χ1n) is 6.56. The molecule has 0 bridgehead atoms. The van der Waals surface area contributed by atoms with Crippen LogP contribution in [0.4, 0.5) is 5.82 Å². The van der Waals surface area contributed by atoms with Gasteiger partial charge in [0.05, 0.1) is 11.8 Å². The Morgan fingerprint density at radius 3 is 2.74 bits per heavy atom. The molecule has 0 aliphatic heterocycles. The Morgan fingerprint density at radius 2 is 2.05 bits per heavy atom. The minimum Gasteiger partial charge on any atom is -0.308 e. The van der Waals surface area contributed by atoms with Gasteiger partial charge < -0.3 is 5.43 Å². The van der Waals surface area contributed by atoms with Gasteiger partial charge in [0.2, 0.25) is 0 Å². The topological polar surface area (TPSA) is 81.7 Å². The van der Waals surface area contributed by atoms with Crippen molar-refractivity contribution in [1.82, 2.24) is 19.7 Å². The molecule has 0 amide bonds. The van der Waals surface area contributed by atoms with E-state index in [-0.39, 0.29) is 0 Å². The Kier molecular flexibility index (Phi) is 2.94. The molecule has 2 aromatic heterocycles. The highest BCUT2D eigenvalue weighted by Gasteiger charge is 2.19. The SMILES string of the molecule is Cc1c(-c2nc3c(c(NN)n2)CCCC3)cnn1C. The third-order valence-corrected chi connectivity index (χ3v) is 3.80. The maximum absolute atomic E-state index is 5.60. The molecule has 1 aliphatic rings. The number of aromatic nitrogens is 4. The molecule has 0 saturated heterocycles. The van der Waals surface area contributed by atoms with Gasteiger partial charge in [-0.3, -0.25) is 4.68 Å². The number of hydrogen-bond donors (Lipinski definition) is 2. The van der Waals surface area contributed by atoms with Crippen LogP contribution in [-0.2, 0) is 19.9 Å². The van der Waals surface area contributed by atoms with Gasteiger partial charge in [-0.15, -0.1) is 0 Å². The van der Waals surface area contributed by atoms with Gasteiger partial charge in [0, 0.05) is 24.0 Å². The van der Waals surface area contributed by atoms with E-state index in [1.54, 1.807) is 6.20 Å². The molecule has 100 valence electrons. The molecular weight excluding hydrogens is 240 g/mol. The van der Waals surface area contributed by atoms with Gasteiger partial charge in [-0.1, -0.05) is 0 Å². The quantitative estimate of drug-likeness (QED) is 0.627. The molecule has 0 atom stereocenters. The molecular formula is C13H18N6. The normalized spacial score (nSPS) is 14.3. The van der Waals surface area contributed by atoms with Crippen LogP contribution in [0.3, 0.4) is 0 Å². The molecule has 2 aromatic rings. The van der Waals surface area contributed by atoms with E-state index in [1.807, 2.05) is 18.7 Å². The van der Waals surface area contributed by atoms with Crippen molar-refractivity contribution in [1.29, 1.82) is 0 Å². The van der Waals surface area contributed by atoms with E-state index in [1.165, 1.54) is 18.4 Å². The van der Waals surface area contributed by atoms with Crippen molar-refractivity contribution < 1.29 is 0 Å². The number of aryl methyl sites for hydroxylation is 2. The Hall–Kier alpha value is -1.95. The van der Waals surface area contributed by atoms with Crippen LogP contribution >= 0.6 is 0 Å². The molecule has 6 heteroatoms. The molecule has 2 heterocycles. The third-order valence-electron chi connectivity index (χ3n) is 3.80. The first-order valence-corrected chi connectivity index (χ1v) is 6.56. The second-order valence-electron chi connectivity index (χ2n) is 4.94. The van der Waals surface area contributed by atoms with E-state index in [9.17, 15) is 0 Å². The zero-order valence-electron chi connectivity index (χ0n) is 11.3. The molecule has 1 aliphatic carbocycles. The van der Waals surface area contributed by atoms with Crippen LogP contribution in [0, 0.1) is 6.92 Å². The van der Waals surface area contributed by atoms with Crippen molar-refractivity contribution in [3.8, 4) is 11.4 Å². The summed E-state index contributed by atoms with van der Waals surface area (Å²) in [6.45, 7) is 2.01. The van der Waals surface area contributed by atoms with Crippen molar-refractivity contribution >= 4 is 5.82 Å². The molecule has 3 N–H and O–H groups in total. The summed E-state index contributed by atoms with van der Waals surface area (Å²) in [5, 5.41) is 4.25. The number of rotatable bonds is 2. The maximum atomic E-state index is 5.60. The molecule has 0 fully saturated rings. The fourth-order valence-electron chi connectivity index (χ4n) is 2.55. The number of fused-ring (bicyclic) bond motifs is 1. The molecule has 0 unspecified atom stereocenters. The molecule has 3 rings (SSSR count). The van der Waals surface area contributed by atoms with Crippen LogP contribution in [0.2, 0.25) is 0 Å². The van der Waals surface area contributed by atoms with E-state index in [4.69, 9.17) is 10.8 Å². The summed E-state index contributed by atoms with van der Waals surface area (Å²) >= 11 is 0. The van der Waals surface area contributed by atoms with Gasteiger partial charge in [-0.05, 0) is 32.6 Å². The molecule has 0 spiro atoms. The summed E-state index contributed by atoms with van der Waals surface area (Å²) in [4.78, 5) is 9.25. The number of nitrogens with one attached hydrogen (secondary N) is 1. The average molecular weight is 258 g/mol. The molecule has 19 heavy (non-hydrogen) atoms. The Bertz CT molecular complexity index is 599. The number of nitrogen functional groups attached to an aromatic ring is 1. The second kappa shape index (κ2) is 4.62. The highest BCUT2D eigenvalue weighted by molar-refractivity contribution is 5.61. The highest BCUT2D eigenvalue weighted by atomic mass is 15.3. The third kappa shape index (κ3) is 1.98. The number of anilines is 1. The van der Waals surface area contributed by atoms with E-state index in [0.717, 1.165) is 35.6 Å². The average Bonchev–Trinajstić information content (AvgIpc) is 2.78. The molecule has 0 saturated carbocycles. The summed E-state index contributed by atoms with van der Waals surface area (Å²) in [5.74, 6) is 7.06. The van der Waals surface area contributed by atoms with Crippen molar-refractivity contribution in [2.45, 2.75) is 32.6 Å². The predicted octanol–water partition coefficient (Wildman–Crippen LogP) is 1.35. The first kappa shape index (κ1) is 12.1. The van der Waals surface area contributed by atoms with E-state index in [0.29, 0.717) is 5.82 Å². The number of nitrogens with zero attached hydrogens (tertiary/aromatic N) is 4. The van der Waals surface area contributed by atoms with Crippen molar-refractivity contribution in [2.75, 3.05) is 5.43 Å². The van der Waals surface area contributed by atoms with Gasteiger partial charge in [0.25, 0.3) is 0 Å². The lowest BCUT2D eigenvalue weighted by Gasteiger charge is -2.18. The summed E-state index contributed by atoms with van der Waals surface area (Å²) in [7, 11) is 1.92. The van der Waals surface area contributed by atoms with Crippen LogP contribution < -0.4 is 11.3 Å². The van der Waals surface area contributed by atoms with E-state index >= 15 is 0 Å². The zero-order chi connectivity index (χ0) is 13.4. The van der Waals surface area contributed by atoms with E-state index < -0.39 is 0 Å². The Labute approximate surface area is 112 Å². The Morgan fingerprint density at radius 1 is 1.26 bits per heavy atom. The lowest BCUT2D eigenvalue weighted by molar-refractivity contribution is 0.664. The molecule has 0 radical (unpaired) electrons. The summed E-state index contributed by atoms with van der Waals surface area (Å²) in [6.07, 6.45) is 6.16. The molecule has 6 nitrogen and oxygen atoms in total. The van der Waals surface area contributed by atoms with E-state index in [2.05, 4.69) is 15.5 Å². The smallest absolute Gasteiger partial charge is 0.165 e. The van der Waals surface area contributed by atoms with Gasteiger partial charge in [0.1, 0.15) is 5.82 Å². The van der Waals surface area contributed by atoms with Crippen molar-refractivity contribution in [3.63, 3.8) is 0 Å². The van der Waals surface area contributed by atoms with Gasteiger partial charge in [-0.2, -0.15) is 5.10 Å². The standard InChI is InChI=1S/C13H18N6/c1-8-10(7-15-19(8)2)12-16-11-6-4-3-5-9(11)13(17-12)18-14/h7H,3-6,14H2,1-2H3,(H,16,17,18). The monoisotopic (exact) mass is 258 g/mol. The lowest BCUT2D eigenvalue weighted by Crippen LogP contribution is -2.17. The predicted molar refractivity (Wildman–Crippen MR) is 73.4 cm³/mol. The van der Waals surface area contributed by atoms with Gasteiger partial charge in [0.15, 0.2) is 5.82 Å². The van der Waals surface area contributed by atoms with Crippen LogP contribution in [0.1, 0.15) is 29.8 Å². The number of hydrogen-bond acceptors (Lipinski definition) is 5. The number of hydrazine groups is 1. The van der Waals surface area contributed by atoms with Crippen molar-refractivity contribution in [2.24, 2.45) is 12.9 Å². The first-order chi connectivity index (χ1) is 9.20. The van der Waals surface area contributed by atoms with Gasteiger partial charge >= 0.3 is 0 Å². The van der Waals surface area contributed by atoms with Gasteiger partial charge in [-0.25, -0.2) is 15.8 Å². The zero-order valence-corrected chi connectivity index (χ0v) is 11.3. The van der Waals surface area contributed by atoms with Crippen LogP contribution in [0.15, 0.2) is 6.20 Å². The Balaban J connectivity index is 2.15. The lowest BCUT2D eigenvalue weighted by atomic mass is 9.96. The highest BCUT2D eigenvalue weighted by Crippen LogP contribution is 2.28. The summed E-state index contributed by atoms with van der Waals surface area (Å²) < 4.78 is 1.83.